The molecule has 0 aromatic carbocycles. The van der Waals surface area contributed by atoms with Crippen molar-refractivity contribution in [2.45, 2.75) is 18.9 Å². The predicted molar refractivity (Wildman–Crippen MR) is 64.8 cm³/mol. The molecule has 2 fully saturated rings. The maximum atomic E-state index is 8.84. The molecule has 0 amide bonds. The number of fused-ring (bicyclic) bond motifs is 1. The summed E-state index contributed by atoms with van der Waals surface area (Å²) in [5, 5.41) is 12.2. The fourth-order valence-electron chi connectivity index (χ4n) is 2.58. The number of hydrogen-bond donors (Lipinski definition) is 1. The van der Waals surface area contributed by atoms with Gasteiger partial charge in [-0.2, -0.15) is 11.8 Å². The van der Waals surface area contributed by atoms with Gasteiger partial charge in [0.05, 0.1) is 5.71 Å². The van der Waals surface area contributed by atoms with Crippen molar-refractivity contribution in [1.29, 1.82) is 0 Å². The van der Waals surface area contributed by atoms with Crippen LogP contribution in [-0.2, 0) is 0 Å². The van der Waals surface area contributed by atoms with Crippen molar-refractivity contribution < 1.29 is 5.21 Å². The van der Waals surface area contributed by atoms with Crippen LogP contribution in [0.1, 0.15) is 12.8 Å². The van der Waals surface area contributed by atoms with Crippen LogP contribution in [-0.4, -0.2) is 46.5 Å². The van der Waals surface area contributed by atoms with Gasteiger partial charge in [-0.1, -0.05) is 11.2 Å². The van der Waals surface area contributed by atoms with Crippen LogP contribution in [0.3, 0.4) is 0 Å². The molecule has 1 aliphatic carbocycles. The van der Waals surface area contributed by atoms with Gasteiger partial charge in [0.25, 0.3) is 0 Å². The van der Waals surface area contributed by atoms with E-state index < -0.39 is 0 Å². The molecule has 0 aromatic rings. The minimum absolute atomic E-state index is 0.573. The molecule has 15 heavy (non-hydrogen) atoms. The van der Waals surface area contributed by atoms with E-state index in [4.69, 9.17) is 5.21 Å². The topological polar surface area (TPSA) is 35.8 Å². The Bertz CT molecular complexity index is 267. The van der Waals surface area contributed by atoms with Gasteiger partial charge in [0.15, 0.2) is 0 Å². The van der Waals surface area contributed by atoms with E-state index in [0.717, 1.165) is 31.6 Å². The summed E-state index contributed by atoms with van der Waals surface area (Å²) in [5.74, 6) is 3.09. The van der Waals surface area contributed by atoms with Crippen LogP contribution in [0.15, 0.2) is 17.8 Å². The van der Waals surface area contributed by atoms with Crippen molar-refractivity contribution in [3.63, 3.8) is 0 Å². The van der Waals surface area contributed by atoms with E-state index in [1.165, 1.54) is 11.5 Å². The highest BCUT2D eigenvalue weighted by Gasteiger charge is 2.36. The summed E-state index contributed by atoms with van der Waals surface area (Å²) < 4.78 is 0. The Labute approximate surface area is 95.2 Å². The van der Waals surface area contributed by atoms with Gasteiger partial charge in [0.2, 0.25) is 0 Å². The van der Waals surface area contributed by atoms with E-state index in [2.05, 4.69) is 16.6 Å². The van der Waals surface area contributed by atoms with Crippen LogP contribution in [0.4, 0.5) is 0 Å². The summed E-state index contributed by atoms with van der Waals surface area (Å²) in [6, 6.07) is 0.573. The zero-order valence-corrected chi connectivity index (χ0v) is 9.75. The van der Waals surface area contributed by atoms with Gasteiger partial charge in [-0.3, -0.25) is 4.90 Å². The maximum Gasteiger partial charge on any atom is 0.0590 e. The molecule has 2 unspecified atom stereocenters. The Morgan fingerprint density at radius 2 is 2.47 bits per heavy atom. The highest BCUT2D eigenvalue weighted by atomic mass is 32.2. The van der Waals surface area contributed by atoms with Crippen LogP contribution in [0.5, 0.6) is 0 Å². The molecule has 2 atom stereocenters. The Morgan fingerprint density at radius 1 is 1.60 bits per heavy atom. The molecule has 0 aromatic heterocycles. The SMILES string of the molecule is C=CCN1CCSCC2C/C(=N/O)CC21. The Hall–Kier alpha value is -0.480. The summed E-state index contributed by atoms with van der Waals surface area (Å²) >= 11 is 2.02. The minimum atomic E-state index is 0.573. The molecule has 1 saturated carbocycles. The van der Waals surface area contributed by atoms with Gasteiger partial charge in [-0.05, 0) is 18.1 Å². The largest absolute Gasteiger partial charge is 0.411 e. The van der Waals surface area contributed by atoms with Crippen LogP contribution < -0.4 is 0 Å². The zero-order valence-electron chi connectivity index (χ0n) is 8.93. The molecule has 4 heteroatoms. The van der Waals surface area contributed by atoms with Gasteiger partial charge < -0.3 is 5.21 Å². The van der Waals surface area contributed by atoms with Gasteiger partial charge >= 0.3 is 0 Å². The van der Waals surface area contributed by atoms with Crippen LogP contribution in [0.25, 0.3) is 0 Å². The number of nitrogens with zero attached hydrogens (tertiary/aromatic N) is 2. The van der Waals surface area contributed by atoms with E-state index >= 15 is 0 Å². The molecule has 1 saturated heterocycles. The lowest BCUT2D eigenvalue weighted by molar-refractivity contribution is 0.203. The molecule has 0 radical (unpaired) electrons. The van der Waals surface area contributed by atoms with Crippen molar-refractivity contribution in [3.05, 3.63) is 12.7 Å². The second kappa shape index (κ2) is 5.03. The quantitative estimate of drug-likeness (QED) is 0.443. The van der Waals surface area contributed by atoms with Gasteiger partial charge in [-0.25, -0.2) is 0 Å². The lowest BCUT2D eigenvalue weighted by Crippen LogP contribution is -2.38. The van der Waals surface area contributed by atoms with Crippen molar-refractivity contribution in [2.24, 2.45) is 11.1 Å². The van der Waals surface area contributed by atoms with Crippen molar-refractivity contribution in [3.8, 4) is 0 Å². The molecule has 2 aliphatic rings. The first-order valence-corrected chi connectivity index (χ1v) is 6.63. The highest BCUT2D eigenvalue weighted by Crippen LogP contribution is 2.33. The number of oxime groups is 1. The summed E-state index contributed by atoms with van der Waals surface area (Å²) in [4.78, 5) is 2.48. The van der Waals surface area contributed by atoms with Gasteiger partial charge in [0, 0.05) is 31.3 Å². The van der Waals surface area contributed by atoms with Crippen LogP contribution in [0.2, 0.25) is 0 Å². The number of hydrogen-bond acceptors (Lipinski definition) is 4. The molecule has 1 N–H and O–H groups in total. The normalized spacial score (nSPS) is 35.1. The summed E-state index contributed by atoms with van der Waals surface area (Å²) in [6.45, 7) is 5.90. The van der Waals surface area contributed by atoms with Gasteiger partial charge in [-0.15, -0.1) is 6.58 Å². The summed E-state index contributed by atoms with van der Waals surface area (Å²) in [6.07, 6.45) is 3.89. The zero-order chi connectivity index (χ0) is 10.7. The van der Waals surface area contributed by atoms with Crippen LogP contribution >= 0.6 is 11.8 Å². The maximum absolute atomic E-state index is 8.84. The number of thioether (sulfide) groups is 1. The monoisotopic (exact) mass is 226 g/mol. The van der Waals surface area contributed by atoms with Crippen molar-refractivity contribution >= 4 is 17.5 Å². The molecule has 0 spiro atoms. The molecular weight excluding hydrogens is 208 g/mol. The highest BCUT2D eigenvalue weighted by molar-refractivity contribution is 7.99. The molecule has 3 nitrogen and oxygen atoms in total. The third kappa shape index (κ3) is 2.37. The first-order chi connectivity index (χ1) is 7.35. The van der Waals surface area contributed by atoms with Gasteiger partial charge in [0.1, 0.15) is 0 Å². The third-order valence-corrected chi connectivity index (χ3v) is 4.45. The van der Waals surface area contributed by atoms with E-state index in [0.29, 0.717) is 12.0 Å². The van der Waals surface area contributed by atoms with E-state index in [1.54, 1.807) is 0 Å². The standard InChI is InChI=1S/C11H18N2OS/c1-2-3-13-4-5-15-8-9-6-10(12-14)7-11(9)13/h2,9,11,14H,1,3-8H2/b12-10-. The van der Waals surface area contributed by atoms with E-state index in [1.807, 2.05) is 17.8 Å². The fraction of sp³-hybridized carbons (Fsp3) is 0.727. The second-order valence-corrected chi connectivity index (χ2v) is 5.41. The minimum Gasteiger partial charge on any atom is -0.411 e. The Morgan fingerprint density at radius 3 is 3.20 bits per heavy atom. The lowest BCUT2D eigenvalue weighted by Gasteiger charge is -2.28. The first kappa shape index (κ1) is 11.0. The summed E-state index contributed by atoms with van der Waals surface area (Å²) in [7, 11) is 0. The molecule has 2 rings (SSSR count). The number of rotatable bonds is 2. The predicted octanol–water partition coefficient (Wildman–Crippen LogP) is 1.83. The average molecular weight is 226 g/mol. The molecular formula is C11H18N2OS. The lowest BCUT2D eigenvalue weighted by atomic mass is 10.0. The fourth-order valence-corrected chi connectivity index (χ4v) is 3.76. The Kier molecular flexibility index (Phi) is 3.70. The first-order valence-electron chi connectivity index (χ1n) is 5.47. The Balaban J connectivity index is 2.09. The van der Waals surface area contributed by atoms with E-state index in [9.17, 15) is 0 Å². The second-order valence-electron chi connectivity index (χ2n) is 4.26. The third-order valence-electron chi connectivity index (χ3n) is 3.32. The van der Waals surface area contributed by atoms with Crippen LogP contribution in [0, 0.1) is 5.92 Å². The molecule has 1 heterocycles. The molecule has 0 bridgehead atoms. The average Bonchev–Trinajstić information content (AvgIpc) is 2.58. The summed E-state index contributed by atoms with van der Waals surface area (Å²) in [5.41, 5.74) is 0.974. The van der Waals surface area contributed by atoms with Crippen molar-refractivity contribution in [2.75, 3.05) is 24.6 Å². The molecule has 84 valence electrons. The van der Waals surface area contributed by atoms with Crippen molar-refractivity contribution in [1.82, 2.24) is 4.90 Å². The van der Waals surface area contributed by atoms with E-state index in [-0.39, 0.29) is 0 Å². The smallest absolute Gasteiger partial charge is 0.0590 e. The molecule has 1 aliphatic heterocycles.